The van der Waals surface area contributed by atoms with E-state index < -0.39 is 0 Å². The smallest absolute Gasteiger partial charge is 0.286 e. The van der Waals surface area contributed by atoms with Crippen LogP contribution in [0, 0.1) is 0 Å². The van der Waals surface area contributed by atoms with Gasteiger partial charge in [0.2, 0.25) is 0 Å². The lowest BCUT2D eigenvalue weighted by Gasteiger charge is -2.11. The molecule has 0 heterocycles. The number of hydrogen-bond donors (Lipinski definition) is 0. The third kappa shape index (κ3) is 3.76. The lowest BCUT2D eigenvalue weighted by Crippen LogP contribution is -2.16. The van der Waals surface area contributed by atoms with Gasteiger partial charge in [-0.1, -0.05) is 15.9 Å². The molecular formula is C9H8Br3NOS. The minimum atomic E-state index is -0.00118. The summed E-state index contributed by atoms with van der Waals surface area (Å²) in [6.07, 6.45) is 0. The maximum absolute atomic E-state index is 11.5. The average molecular weight is 418 g/mol. The monoisotopic (exact) mass is 415 g/mol. The highest BCUT2D eigenvalue weighted by atomic mass is 79.9. The van der Waals surface area contributed by atoms with E-state index in [1.54, 1.807) is 19.0 Å². The quantitative estimate of drug-likeness (QED) is 0.615. The second-order valence-electron chi connectivity index (χ2n) is 2.96. The van der Waals surface area contributed by atoms with Crippen molar-refractivity contribution in [2.24, 2.45) is 0 Å². The molecule has 0 N–H and O–H groups in total. The van der Waals surface area contributed by atoms with E-state index in [1.807, 2.05) is 12.1 Å². The summed E-state index contributed by atoms with van der Waals surface area (Å²) >= 11 is 11.4. The highest BCUT2D eigenvalue weighted by molar-refractivity contribution is 9.11. The van der Waals surface area contributed by atoms with Crippen molar-refractivity contribution >= 4 is 64.8 Å². The van der Waals surface area contributed by atoms with E-state index in [1.165, 1.54) is 11.8 Å². The van der Waals surface area contributed by atoms with E-state index in [0.717, 1.165) is 18.3 Å². The molecular weight excluding hydrogens is 410 g/mol. The van der Waals surface area contributed by atoms with Crippen LogP contribution < -0.4 is 0 Å². The first-order chi connectivity index (χ1) is 6.91. The summed E-state index contributed by atoms with van der Waals surface area (Å²) in [5, 5.41) is -0.00118. The molecule has 0 bridgehead atoms. The predicted octanol–water partition coefficient (Wildman–Crippen LogP) is 4.75. The van der Waals surface area contributed by atoms with E-state index in [2.05, 4.69) is 47.8 Å². The molecule has 0 radical (unpaired) electrons. The van der Waals surface area contributed by atoms with Crippen LogP contribution >= 0.6 is 59.6 Å². The van der Waals surface area contributed by atoms with Gasteiger partial charge in [0.15, 0.2) is 0 Å². The van der Waals surface area contributed by atoms with Crippen molar-refractivity contribution in [3.63, 3.8) is 0 Å². The van der Waals surface area contributed by atoms with Gasteiger partial charge in [0.1, 0.15) is 0 Å². The van der Waals surface area contributed by atoms with Crippen LogP contribution in [-0.2, 0) is 0 Å². The van der Waals surface area contributed by atoms with Gasteiger partial charge < -0.3 is 4.90 Å². The SMILES string of the molecule is CN(C)C(=O)Sc1c(Br)cc(Br)cc1Br. The third-order valence-corrected chi connectivity index (χ3v) is 4.93. The number of amides is 1. The summed E-state index contributed by atoms with van der Waals surface area (Å²) < 4.78 is 2.75. The minimum Gasteiger partial charge on any atom is -0.339 e. The summed E-state index contributed by atoms with van der Waals surface area (Å²) in [6.45, 7) is 0. The Hall–Kier alpha value is 0.480. The van der Waals surface area contributed by atoms with E-state index in [9.17, 15) is 4.79 Å². The van der Waals surface area contributed by atoms with Gasteiger partial charge in [0.25, 0.3) is 5.24 Å². The fraction of sp³-hybridized carbons (Fsp3) is 0.222. The Balaban J connectivity index is 3.00. The minimum absolute atomic E-state index is 0.00118. The highest BCUT2D eigenvalue weighted by Gasteiger charge is 2.13. The molecule has 0 saturated carbocycles. The van der Waals surface area contributed by atoms with Crippen molar-refractivity contribution in [1.82, 2.24) is 4.90 Å². The first kappa shape index (κ1) is 13.5. The van der Waals surface area contributed by atoms with Gasteiger partial charge in [-0.3, -0.25) is 4.79 Å². The second kappa shape index (κ2) is 5.70. The van der Waals surface area contributed by atoms with Crippen LogP contribution in [-0.4, -0.2) is 24.2 Å². The largest absolute Gasteiger partial charge is 0.339 e. The Morgan fingerprint density at radius 2 is 1.67 bits per heavy atom. The van der Waals surface area contributed by atoms with Gasteiger partial charge in [0.05, 0.1) is 0 Å². The van der Waals surface area contributed by atoms with Gasteiger partial charge in [0, 0.05) is 32.4 Å². The van der Waals surface area contributed by atoms with E-state index in [4.69, 9.17) is 0 Å². The second-order valence-corrected chi connectivity index (χ2v) is 6.55. The summed E-state index contributed by atoms with van der Waals surface area (Å²) in [6, 6.07) is 3.83. The number of thioether (sulfide) groups is 1. The van der Waals surface area contributed by atoms with Crippen LogP contribution in [0.4, 0.5) is 4.79 Å². The molecule has 0 saturated heterocycles. The first-order valence-electron chi connectivity index (χ1n) is 3.95. The maximum Gasteiger partial charge on any atom is 0.286 e. The van der Waals surface area contributed by atoms with Crippen molar-refractivity contribution in [2.45, 2.75) is 4.90 Å². The topological polar surface area (TPSA) is 20.3 Å². The van der Waals surface area contributed by atoms with Crippen LogP contribution in [0.1, 0.15) is 0 Å². The molecule has 0 aliphatic carbocycles. The van der Waals surface area contributed by atoms with Gasteiger partial charge >= 0.3 is 0 Å². The number of halogens is 3. The van der Waals surface area contributed by atoms with E-state index in [0.29, 0.717) is 0 Å². The molecule has 2 nitrogen and oxygen atoms in total. The van der Waals surface area contributed by atoms with Crippen molar-refractivity contribution in [2.75, 3.05) is 14.1 Å². The number of rotatable bonds is 1. The zero-order valence-electron chi connectivity index (χ0n) is 8.05. The lowest BCUT2D eigenvalue weighted by atomic mass is 10.4. The molecule has 15 heavy (non-hydrogen) atoms. The lowest BCUT2D eigenvalue weighted by molar-refractivity contribution is 0.241. The third-order valence-electron chi connectivity index (χ3n) is 1.52. The first-order valence-corrected chi connectivity index (χ1v) is 7.15. The Morgan fingerprint density at radius 1 is 1.20 bits per heavy atom. The normalized spacial score (nSPS) is 10.2. The molecule has 0 aliphatic rings. The van der Waals surface area contributed by atoms with Crippen LogP contribution in [0.5, 0.6) is 0 Å². The van der Waals surface area contributed by atoms with Gasteiger partial charge in [-0.25, -0.2) is 0 Å². The molecule has 0 aliphatic heterocycles. The van der Waals surface area contributed by atoms with E-state index >= 15 is 0 Å². The van der Waals surface area contributed by atoms with Gasteiger partial charge in [-0.05, 0) is 55.8 Å². The van der Waals surface area contributed by atoms with Crippen LogP contribution in [0.3, 0.4) is 0 Å². The Bertz CT molecular complexity index is 372. The Morgan fingerprint density at radius 3 is 2.07 bits per heavy atom. The van der Waals surface area contributed by atoms with Crippen molar-refractivity contribution in [3.05, 3.63) is 25.6 Å². The zero-order chi connectivity index (χ0) is 11.6. The van der Waals surface area contributed by atoms with Gasteiger partial charge in [-0.2, -0.15) is 0 Å². The van der Waals surface area contributed by atoms with E-state index in [-0.39, 0.29) is 5.24 Å². The standard InChI is InChI=1S/C9H8Br3NOS/c1-13(2)9(14)15-8-6(11)3-5(10)4-7(8)12/h3-4H,1-2H3. The molecule has 0 unspecified atom stereocenters. The molecule has 1 rings (SSSR count). The summed E-state index contributed by atoms with van der Waals surface area (Å²) in [5.41, 5.74) is 0. The molecule has 1 amide bonds. The molecule has 82 valence electrons. The molecule has 0 fully saturated rings. The summed E-state index contributed by atoms with van der Waals surface area (Å²) in [7, 11) is 3.46. The number of carbonyl (C=O) groups is 1. The average Bonchev–Trinajstić information content (AvgIpc) is 2.10. The Kier molecular flexibility index (Phi) is 5.15. The molecule has 0 aromatic heterocycles. The maximum atomic E-state index is 11.5. The molecule has 6 heteroatoms. The Labute approximate surface area is 118 Å². The van der Waals surface area contributed by atoms with Crippen LogP contribution in [0.25, 0.3) is 0 Å². The van der Waals surface area contributed by atoms with Crippen LogP contribution in [0.2, 0.25) is 0 Å². The number of hydrogen-bond acceptors (Lipinski definition) is 2. The van der Waals surface area contributed by atoms with Gasteiger partial charge in [-0.15, -0.1) is 0 Å². The van der Waals surface area contributed by atoms with Crippen molar-refractivity contribution in [3.8, 4) is 0 Å². The summed E-state index contributed by atoms with van der Waals surface area (Å²) in [4.78, 5) is 14.0. The molecule has 0 spiro atoms. The predicted molar refractivity (Wildman–Crippen MR) is 74.5 cm³/mol. The summed E-state index contributed by atoms with van der Waals surface area (Å²) in [5.74, 6) is 0. The number of carbonyl (C=O) groups excluding carboxylic acids is 1. The van der Waals surface area contributed by atoms with Crippen molar-refractivity contribution < 1.29 is 4.79 Å². The fourth-order valence-corrected chi connectivity index (χ4v) is 4.22. The molecule has 0 atom stereocenters. The highest BCUT2D eigenvalue weighted by Crippen LogP contribution is 2.37. The molecule has 1 aromatic rings. The molecule has 1 aromatic carbocycles. The van der Waals surface area contributed by atoms with Crippen molar-refractivity contribution in [1.29, 1.82) is 0 Å². The van der Waals surface area contributed by atoms with Crippen LogP contribution in [0.15, 0.2) is 30.4 Å². The zero-order valence-corrected chi connectivity index (χ0v) is 13.6. The number of benzene rings is 1. The number of nitrogens with zero attached hydrogens (tertiary/aromatic N) is 1. The fourth-order valence-electron chi connectivity index (χ4n) is 0.805.